The van der Waals surface area contributed by atoms with Gasteiger partial charge in [0.25, 0.3) is 0 Å². The van der Waals surface area contributed by atoms with Crippen LogP contribution < -0.4 is 0 Å². The number of carboxylic acid groups (broad SMARTS) is 1. The lowest BCUT2D eigenvalue weighted by Gasteiger charge is -2.24. The molecule has 0 amide bonds. The van der Waals surface area contributed by atoms with E-state index in [4.69, 9.17) is 5.11 Å². The van der Waals surface area contributed by atoms with E-state index in [-0.39, 0.29) is 17.8 Å². The average Bonchev–Trinajstić information content (AvgIpc) is 2.17. The zero-order chi connectivity index (χ0) is 9.84. The van der Waals surface area contributed by atoms with Gasteiger partial charge >= 0.3 is 11.9 Å². The van der Waals surface area contributed by atoms with Crippen molar-refractivity contribution >= 4 is 11.9 Å². The van der Waals surface area contributed by atoms with Gasteiger partial charge in [-0.15, -0.1) is 0 Å². The molecule has 13 heavy (non-hydrogen) atoms. The highest BCUT2D eigenvalue weighted by molar-refractivity contribution is 5.75. The first-order valence-electron chi connectivity index (χ1n) is 4.45. The zero-order valence-electron chi connectivity index (χ0n) is 7.66. The van der Waals surface area contributed by atoms with Crippen LogP contribution >= 0.6 is 0 Å². The van der Waals surface area contributed by atoms with Crippen molar-refractivity contribution in [2.45, 2.75) is 25.7 Å². The van der Waals surface area contributed by atoms with E-state index in [0.29, 0.717) is 12.8 Å². The van der Waals surface area contributed by atoms with E-state index in [2.05, 4.69) is 4.74 Å². The van der Waals surface area contributed by atoms with Gasteiger partial charge in [-0.3, -0.25) is 9.59 Å². The Balaban J connectivity index is 2.51. The molecule has 0 aromatic rings. The van der Waals surface area contributed by atoms with Crippen molar-refractivity contribution in [3.63, 3.8) is 0 Å². The average molecular weight is 186 g/mol. The summed E-state index contributed by atoms with van der Waals surface area (Å²) < 4.78 is 4.59. The Morgan fingerprint density at radius 1 is 1.31 bits per heavy atom. The Bertz CT molecular complexity index is 212. The van der Waals surface area contributed by atoms with Crippen LogP contribution in [0.5, 0.6) is 0 Å². The lowest BCUT2D eigenvalue weighted by atomic mass is 9.81. The van der Waals surface area contributed by atoms with E-state index in [1.165, 1.54) is 7.11 Å². The molecule has 1 fully saturated rings. The predicted molar refractivity (Wildman–Crippen MR) is 45.1 cm³/mol. The summed E-state index contributed by atoms with van der Waals surface area (Å²) in [7, 11) is 1.34. The van der Waals surface area contributed by atoms with Crippen LogP contribution in [0.2, 0.25) is 0 Å². The fourth-order valence-electron chi connectivity index (χ4n) is 1.79. The van der Waals surface area contributed by atoms with Gasteiger partial charge in [0.05, 0.1) is 18.9 Å². The molecule has 0 aromatic heterocycles. The highest BCUT2D eigenvalue weighted by Gasteiger charge is 2.31. The zero-order valence-corrected chi connectivity index (χ0v) is 7.66. The number of hydrogen-bond acceptors (Lipinski definition) is 3. The molecule has 2 atom stereocenters. The number of esters is 1. The highest BCUT2D eigenvalue weighted by Crippen LogP contribution is 2.29. The minimum absolute atomic E-state index is 0.208. The number of rotatable bonds is 2. The van der Waals surface area contributed by atoms with Crippen LogP contribution in [0.4, 0.5) is 0 Å². The summed E-state index contributed by atoms with van der Waals surface area (Å²) in [6, 6.07) is 0. The lowest BCUT2D eigenvalue weighted by Crippen LogP contribution is -2.27. The monoisotopic (exact) mass is 186 g/mol. The number of aliphatic carboxylic acids is 1. The van der Waals surface area contributed by atoms with Gasteiger partial charge in [-0.2, -0.15) is 0 Å². The van der Waals surface area contributed by atoms with Gasteiger partial charge < -0.3 is 9.84 Å². The second-order valence-corrected chi connectivity index (χ2v) is 3.42. The topological polar surface area (TPSA) is 63.6 Å². The molecule has 0 heterocycles. The second-order valence-electron chi connectivity index (χ2n) is 3.42. The van der Waals surface area contributed by atoms with E-state index in [1.54, 1.807) is 0 Å². The molecule has 0 spiro atoms. The number of ether oxygens (including phenoxy) is 1. The Morgan fingerprint density at radius 2 is 1.92 bits per heavy atom. The van der Waals surface area contributed by atoms with Gasteiger partial charge in [-0.25, -0.2) is 0 Å². The highest BCUT2D eigenvalue weighted by atomic mass is 16.5. The van der Waals surface area contributed by atoms with E-state index >= 15 is 0 Å². The van der Waals surface area contributed by atoms with Crippen molar-refractivity contribution in [1.29, 1.82) is 0 Å². The predicted octanol–water partition coefficient (Wildman–Crippen LogP) is 1.05. The number of carboxylic acids is 1. The van der Waals surface area contributed by atoms with E-state index in [9.17, 15) is 9.59 Å². The molecule has 4 heteroatoms. The summed E-state index contributed by atoms with van der Waals surface area (Å²) in [5.74, 6) is -1.64. The van der Waals surface area contributed by atoms with Crippen LogP contribution in [-0.2, 0) is 14.3 Å². The molecule has 1 aliphatic carbocycles. The normalized spacial score (nSPS) is 28.1. The van der Waals surface area contributed by atoms with Gasteiger partial charge in [-0.1, -0.05) is 6.42 Å². The van der Waals surface area contributed by atoms with Crippen molar-refractivity contribution in [2.24, 2.45) is 11.8 Å². The summed E-state index contributed by atoms with van der Waals surface area (Å²) in [4.78, 5) is 21.8. The molecular weight excluding hydrogens is 172 g/mol. The van der Waals surface area contributed by atoms with Crippen LogP contribution in [0, 0.1) is 11.8 Å². The molecule has 0 aliphatic heterocycles. The molecule has 1 N–H and O–H groups in total. The third-order valence-corrected chi connectivity index (χ3v) is 2.56. The van der Waals surface area contributed by atoms with Gasteiger partial charge in [0.2, 0.25) is 0 Å². The van der Waals surface area contributed by atoms with Crippen molar-refractivity contribution < 1.29 is 19.4 Å². The quantitative estimate of drug-likeness (QED) is 0.655. The minimum atomic E-state index is -0.798. The molecular formula is C9H14O4. The first kappa shape index (κ1) is 10.0. The molecule has 0 saturated heterocycles. The molecule has 0 bridgehead atoms. The van der Waals surface area contributed by atoms with Gasteiger partial charge in [0, 0.05) is 0 Å². The summed E-state index contributed by atoms with van der Waals surface area (Å²) >= 11 is 0. The van der Waals surface area contributed by atoms with Crippen molar-refractivity contribution in [2.75, 3.05) is 7.11 Å². The van der Waals surface area contributed by atoms with Gasteiger partial charge in [0.15, 0.2) is 0 Å². The van der Waals surface area contributed by atoms with Crippen LogP contribution in [0.25, 0.3) is 0 Å². The fourth-order valence-corrected chi connectivity index (χ4v) is 1.79. The van der Waals surface area contributed by atoms with Crippen molar-refractivity contribution in [3.05, 3.63) is 0 Å². The molecule has 74 valence electrons. The third kappa shape index (κ3) is 2.44. The van der Waals surface area contributed by atoms with Crippen molar-refractivity contribution in [1.82, 2.24) is 0 Å². The maximum Gasteiger partial charge on any atom is 0.308 e. The van der Waals surface area contributed by atoms with Crippen molar-refractivity contribution in [3.8, 4) is 0 Å². The number of carbonyl (C=O) groups is 2. The lowest BCUT2D eigenvalue weighted by molar-refractivity contribution is -0.150. The Morgan fingerprint density at radius 3 is 2.46 bits per heavy atom. The number of hydrogen-bond donors (Lipinski definition) is 1. The first-order chi connectivity index (χ1) is 6.15. The van der Waals surface area contributed by atoms with E-state index in [0.717, 1.165) is 12.8 Å². The molecule has 1 aliphatic rings. The SMILES string of the molecule is COC(=O)[C@H]1CCC[C@H](C(=O)O)C1. The fraction of sp³-hybridized carbons (Fsp3) is 0.778. The first-order valence-corrected chi connectivity index (χ1v) is 4.45. The van der Waals surface area contributed by atoms with Gasteiger partial charge in [0.1, 0.15) is 0 Å². The summed E-state index contributed by atoms with van der Waals surface area (Å²) in [6.07, 6.45) is 2.68. The smallest absolute Gasteiger partial charge is 0.308 e. The summed E-state index contributed by atoms with van der Waals surface area (Å²) in [5, 5.41) is 8.76. The van der Waals surface area contributed by atoms with Gasteiger partial charge in [-0.05, 0) is 19.3 Å². The maximum atomic E-state index is 11.1. The van der Waals surface area contributed by atoms with Crippen LogP contribution in [0.3, 0.4) is 0 Å². The molecule has 0 aromatic carbocycles. The van der Waals surface area contributed by atoms with E-state index < -0.39 is 5.97 Å². The summed E-state index contributed by atoms with van der Waals surface area (Å²) in [5.41, 5.74) is 0. The largest absolute Gasteiger partial charge is 0.481 e. The molecule has 1 saturated carbocycles. The van der Waals surface area contributed by atoms with E-state index in [1.807, 2.05) is 0 Å². The number of carbonyl (C=O) groups excluding carboxylic acids is 1. The molecule has 1 rings (SSSR count). The maximum absolute atomic E-state index is 11.1. The molecule has 4 nitrogen and oxygen atoms in total. The Labute approximate surface area is 76.9 Å². The number of methoxy groups -OCH3 is 1. The third-order valence-electron chi connectivity index (χ3n) is 2.56. The van der Waals surface area contributed by atoms with Crippen LogP contribution in [-0.4, -0.2) is 24.2 Å². The summed E-state index contributed by atoms with van der Waals surface area (Å²) in [6.45, 7) is 0. The second kappa shape index (κ2) is 4.25. The standard InChI is InChI=1S/C9H14O4/c1-13-9(12)7-4-2-3-6(5-7)8(10)11/h6-7H,2-5H2,1H3,(H,10,11)/t6-,7-/m0/s1. The molecule has 0 unspecified atom stereocenters. The van der Waals surface area contributed by atoms with Crippen LogP contribution in [0.15, 0.2) is 0 Å². The Hall–Kier alpha value is -1.06. The Kier molecular flexibility index (Phi) is 3.28. The minimum Gasteiger partial charge on any atom is -0.481 e. The molecule has 0 radical (unpaired) electrons. The van der Waals surface area contributed by atoms with Crippen LogP contribution in [0.1, 0.15) is 25.7 Å².